The van der Waals surface area contributed by atoms with Crippen molar-refractivity contribution in [1.29, 1.82) is 0 Å². The molecule has 1 N–H and O–H groups in total. The van der Waals surface area contributed by atoms with Crippen molar-refractivity contribution < 1.29 is 4.79 Å². The lowest BCUT2D eigenvalue weighted by atomic mass is 10.3. The molecule has 1 amide bonds. The Hall–Kier alpha value is -1.09. The molecule has 0 saturated carbocycles. The predicted octanol–water partition coefficient (Wildman–Crippen LogP) is 1.01. The maximum Gasteiger partial charge on any atom is 0.253 e. The quantitative estimate of drug-likeness (QED) is 0.532. The van der Waals surface area contributed by atoms with E-state index in [1.165, 1.54) is 6.20 Å². The number of rotatable bonds is 2. The first-order chi connectivity index (χ1) is 5.34. The molecule has 3 nitrogen and oxygen atoms in total. The molecule has 0 spiro atoms. The topological polar surface area (TPSA) is 42.0 Å². The van der Waals surface area contributed by atoms with Gasteiger partial charge in [-0.3, -0.25) is 9.78 Å². The molecule has 0 bridgehead atoms. The maximum atomic E-state index is 11.0. The van der Waals surface area contributed by atoms with E-state index in [0.717, 1.165) is 0 Å². The molecular formula is C7H7ClN2O. The molecule has 0 atom stereocenters. The number of amides is 1. The van der Waals surface area contributed by atoms with Crippen LogP contribution in [0.25, 0.3) is 0 Å². The Balaban J connectivity index is 2.69. The maximum absolute atomic E-state index is 11.0. The second-order valence-electron chi connectivity index (χ2n) is 1.88. The zero-order chi connectivity index (χ0) is 8.10. The van der Waals surface area contributed by atoms with Gasteiger partial charge in [0.05, 0.1) is 11.6 Å². The lowest BCUT2D eigenvalue weighted by Crippen LogP contribution is -2.21. The Kier molecular flexibility index (Phi) is 2.86. The van der Waals surface area contributed by atoms with Gasteiger partial charge in [0, 0.05) is 12.4 Å². The Labute approximate surface area is 69.4 Å². The minimum absolute atomic E-state index is 0.119. The van der Waals surface area contributed by atoms with Crippen molar-refractivity contribution in [3.63, 3.8) is 0 Å². The van der Waals surface area contributed by atoms with E-state index in [1.807, 2.05) is 0 Å². The van der Waals surface area contributed by atoms with Crippen LogP contribution in [0.1, 0.15) is 10.4 Å². The molecule has 1 aromatic heterocycles. The molecule has 58 valence electrons. The van der Waals surface area contributed by atoms with Crippen molar-refractivity contribution in [2.75, 3.05) is 6.00 Å². The van der Waals surface area contributed by atoms with Gasteiger partial charge in [-0.1, -0.05) is 0 Å². The van der Waals surface area contributed by atoms with Gasteiger partial charge < -0.3 is 5.32 Å². The SMILES string of the molecule is O=C(NCCl)c1cccnc1. The standard InChI is InChI=1S/C7H7ClN2O/c8-5-10-7(11)6-2-1-3-9-4-6/h1-4H,5H2,(H,10,11). The number of aromatic nitrogens is 1. The first kappa shape index (κ1) is 8.01. The summed E-state index contributed by atoms with van der Waals surface area (Å²) in [4.78, 5) is 14.8. The Bertz CT molecular complexity index is 237. The lowest BCUT2D eigenvalue weighted by molar-refractivity contribution is 0.0960. The largest absolute Gasteiger partial charge is 0.338 e. The van der Waals surface area contributed by atoms with Gasteiger partial charge >= 0.3 is 0 Å². The fourth-order valence-corrected chi connectivity index (χ4v) is 0.781. The van der Waals surface area contributed by atoms with E-state index in [0.29, 0.717) is 5.56 Å². The highest BCUT2D eigenvalue weighted by Gasteiger charge is 2.01. The number of nitrogens with zero attached hydrogens (tertiary/aromatic N) is 1. The molecule has 0 aliphatic heterocycles. The van der Waals surface area contributed by atoms with Crippen LogP contribution in [0, 0.1) is 0 Å². The van der Waals surface area contributed by atoms with E-state index in [1.54, 1.807) is 18.3 Å². The molecule has 1 rings (SSSR count). The van der Waals surface area contributed by atoms with Crippen LogP contribution >= 0.6 is 11.6 Å². The van der Waals surface area contributed by atoms with E-state index < -0.39 is 0 Å². The van der Waals surface area contributed by atoms with Crippen molar-refractivity contribution in [2.45, 2.75) is 0 Å². The lowest BCUT2D eigenvalue weighted by Gasteiger charge is -1.98. The van der Waals surface area contributed by atoms with Crippen LogP contribution in [0.4, 0.5) is 0 Å². The summed E-state index contributed by atoms with van der Waals surface area (Å²) in [5, 5.41) is 2.45. The first-order valence-electron chi connectivity index (χ1n) is 3.09. The van der Waals surface area contributed by atoms with Crippen LogP contribution in [0.2, 0.25) is 0 Å². The molecule has 0 fully saturated rings. The zero-order valence-electron chi connectivity index (χ0n) is 5.75. The summed E-state index contributed by atoms with van der Waals surface area (Å²) in [5.74, 6) is -0.201. The molecule has 11 heavy (non-hydrogen) atoms. The summed E-state index contributed by atoms with van der Waals surface area (Å²) >= 11 is 5.29. The van der Waals surface area contributed by atoms with Crippen molar-refractivity contribution in [3.05, 3.63) is 30.1 Å². The normalized spacial score (nSPS) is 9.18. The number of alkyl halides is 1. The molecule has 0 unspecified atom stereocenters. The molecule has 0 radical (unpaired) electrons. The summed E-state index contributed by atoms with van der Waals surface area (Å²) in [5.41, 5.74) is 0.521. The molecular weight excluding hydrogens is 164 g/mol. The second kappa shape index (κ2) is 3.93. The van der Waals surface area contributed by atoms with Gasteiger partial charge in [-0.05, 0) is 12.1 Å². The van der Waals surface area contributed by atoms with Gasteiger partial charge in [-0.2, -0.15) is 0 Å². The van der Waals surface area contributed by atoms with Crippen LogP contribution in [0.15, 0.2) is 24.5 Å². The van der Waals surface area contributed by atoms with Crippen molar-refractivity contribution in [1.82, 2.24) is 10.3 Å². The minimum Gasteiger partial charge on any atom is -0.338 e. The highest BCUT2D eigenvalue weighted by molar-refractivity contribution is 6.19. The van der Waals surface area contributed by atoms with E-state index in [9.17, 15) is 4.79 Å². The fourth-order valence-electron chi connectivity index (χ4n) is 0.660. The summed E-state index contributed by atoms with van der Waals surface area (Å²) in [6.07, 6.45) is 3.10. The zero-order valence-corrected chi connectivity index (χ0v) is 6.51. The van der Waals surface area contributed by atoms with E-state index in [4.69, 9.17) is 11.6 Å². The minimum atomic E-state index is -0.201. The average Bonchev–Trinajstić information content (AvgIpc) is 2.07. The van der Waals surface area contributed by atoms with Crippen LogP contribution in [-0.2, 0) is 0 Å². The number of carbonyl (C=O) groups is 1. The number of hydrogen-bond donors (Lipinski definition) is 1. The van der Waals surface area contributed by atoms with Crippen LogP contribution in [-0.4, -0.2) is 16.9 Å². The van der Waals surface area contributed by atoms with E-state index in [-0.39, 0.29) is 11.9 Å². The molecule has 1 heterocycles. The van der Waals surface area contributed by atoms with Gasteiger partial charge in [-0.25, -0.2) is 0 Å². The monoisotopic (exact) mass is 170 g/mol. The molecule has 4 heteroatoms. The summed E-state index contributed by atoms with van der Waals surface area (Å²) in [6.45, 7) is 0. The van der Waals surface area contributed by atoms with Gasteiger partial charge in [0.2, 0.25) is 0 Å². The fraction of sp³-hybridized carbons (Fsp3) is 0.143. The van der Waals surface area contributed by atoms with Gasteiger partial charge in [0.15, 0.2) is 0 Å². The highest BCUT2D eigenvalue weighted by atomic mass is 35.5. The van der Waals surface area contributed by atoms with Gasteiger partial charge in [0.25, 0.3) is 5.91 Å². The van der Waals surface area contributed by atoms with Crippen LogP contribution in [0.3, 0.4) is 0 Å². The molecule has 0 saturated heterocycles. The third-order valence-corrected chi connectivity index (χ3v) is 1.28. The second-order valence-corrected chi connectivity index (χ2v) is 2.15. The highest BCUT2D eigenvalue weighted by Crippen LogP contribution is 1.94. The third kappa shape index (κ3) is 2.20. The first-order valence-corrected chi connectivity index (χ1v) is 3.62. The van der Waals surface area contributed by atoms with E-state index in [2.05, 4.69) is 10.3 Å². The van der Waals surface area contributed by atoms with Gasteiger partial charge in [-0.15, -0.1) is 11.6 Å². The number of hydrogen-bond acceptors (Lipinski definition) is 2. The number of pyridine rings is 1. The van der Waals surface area contributed by atoms with E-state index >= 15 is 0 Å². The Morgan fingerprint density at radius 3 is 3.09 bits per heavy atom. The molecule has 1 aromatic rings. The van der Waals surface area contributed by atoms with Crippen LogP contribution < -0.4 is 5.32 Å². The molecule has 0 aliphatic carbocycles. The van der Waals surface area contributed by atoms with Crippen LogP contribution in [0.5, 0.6) is 0 Å². The third-order valence-electron chi connectivity index (χ3n) is 1.15. The number of halogens is 1. The Morgan fingerprint density at radius 1 is 1.73 bits per heavy atom. The summed E-state index contributed by atoms with van der Waals surface area (Å²) in [6, 6.07) is 3.49. The Morgan fingerprint density at radius 2 is 2.55 bits per heavy atom. The number of nitrogens with one attached hydrogen (secondary N) is 1. The van der Waals surface area contributed by atoms with Crippen molar-refractivity contribution >= 4 is 17.5 Å². The average molecular weight is 171 g/mol. The number of carbonyl (C=O) groups excluding carboxylic acids is 1. The van der Waals surface area contributed by atoms with Gasteiger partial charge in [0.1, 0.15) is 0 Å². The molecule has 0 aliphatic rings. The van der Waals surface area contributed by atoms with Crippen molar-refractivity contribution in [3.8, 4) is 0 Å². The predicted molar refractivity (Wildman–Crippen MR) is 42.4 cm³/mol. The molecule has 0 aromatic carbocycles. The van der Waals surface area contributed by atoms with Crippen molar-refractivity contribution in [2.24, 2.45) is 0 Å². The summed E-state index contributed by atoms with van der Waals surface area (Å²) in [7, 11) is 0. The summed E-state index contributed by atoms with van der Waals surface area (Å²) < 4.78 is 0. The smallest absolute Gasteiger partial charge is 0.253 e.